The topological polar surface area (TPSA) is 8.17 Å². The third kappa shape index (κ3) is 5.46. The molecule has 53 heavy (non-hydrogen) atoms. The maximum absolute atomic E-state index is 2.56. The number of para-hydroxylation sites is 3. The highest BCUT2D eigenvalue weighted by Crippen LogP contribution is 2.56. The minimum Gasteiger partial charge on any atom is -0.310 e. The standard InChI is InChI=1S/C51H46N2/c1-35-29-38-27-28-51(33-35,34-36(38)2)47-21-7-10-24-50(47)52(44-26-25-37-13-3-4-14-39(37)30-44)42-17-11-15-40(31-42)41-16-12-18-43(32-41)53-48-22-8-5-19-45(48)46-20-6-9-23-49(46)53/h3-26,30-32,35-36,38H,27-29,33-34H2,1-2H3/t35-,36+,38?,51?/m0/s1. The molecule has 0 spiro atoms. The first-order valence-electron chi connectivity index (χ1n) is 19.6. The number of anilines is 3. The van der Waals surface area contributed by atoms with E-state index >= 15 is 0 Å². The Labute approximate surface area is 313 Å². The van der Waals surface area contributed by atoms with Crippen LogP contribution in [0.25, 0.3) is 49.4 Å². The van der Waals surface area contributed by atoms with Gasteiger partial charge in [0.15, 0.2) is 0 Å². The van der Waals surface area contributed by atoms with Gasteiger partial charge in [0.2, 0.25) is 0 Å². The molecule has 11 rings (SSSR count). The number of rotatable bonds is 6. The fourth-order valence-electron chi connectivity index (χ4n) is 10.5. The molecule has 0 aliphatic heterocycles. The van der Waals surface area contributed by atoms with Crippen molar-refractivity contribution in [2.45, 2.75) is 51.4 Å². The quantitative estimate of drug-likeness (QED) is 0.169. The lowest BCUT2D eigenvalue weighted by Crippen LogP contribution is -2.35. The molecule has 0 radical (unpaired) electrons. The lowest BCUT2D eigenvalue weighted by molar-refractivity contribution is 0.186. The summed E-state index contributed by atoms with van der Waals surface area (Å²) in [6.07, 6.45) is 6.54. The van der Waals surface area contributed by atoms with Crippen LogP contribution in [0.3, 0.4) is 0 Å². The molecular formula is C51H46N2. The zero-order valence-corrected chi connectivity index (χ0v) is 30.8. The second kappa shape index (κ2) is 12.8. The highest BCUT2D eigenvalue weighted by atomic mass is 15.1. The number of fused-ring (bicyclic) bond motifs is 8. The summed E-state index contributed by atoms with van der Waals surface area (Å²) in [6, 6.07) is 61.0. The van der Waals surface area contributed by atoms with Crippen LogP contribution in [0.2, 0.25) is 0 Å². The van der Waals surface area contributed by atoms with Crippen LogP contribution in [0, 0.1) is 17.8 Å². The molecule has 7 aromatic carbocycles. The van der Waals surface area contributed by atoms with E-state index in [0.717, 1.165) is 17.8 Å². The van der Waals surface area contributed by atoms with E-state index in [1.165, 1.54) is 104 Å². The van der Waals surface area contributed by atoms with E-state index in [1.807, 2.05) is 0 Å². The van der Waals surface area contributed by atoms with Crippen molar-refractivity contribution in [3.05, 3.63) is 169 Å². The van der Waals surface area contributed by atoms with Gasteiger partial charge in [-0.1, -0.05) is 123 Å². The van der Waals surface area contributed by atoms with Crippen molar-refractivity contribution in [3.63, 3.8) is 0 Å². The molecule has 2 nitrogen and oxygen atoms in total. The van der Waals surface area contributed by atoms with Crippen molar-refractivity contribution in [1.29, 1.82) is 0 Å². The molecule has 2 bridgehead atoms. The number of benzene rings is 7. The molecule has 0 N–H and O–H groups in total. The Hall–Kier alpha value is -5.60. The molecule has 3 aliphatic carbocycles. The van der Waals surface area contributed by atoms with Gasteiger partial charge in [-0.25, -0.2) is 0 Å². The first-order valence-corrected chi connectivity index (χ1v) is 19.6. The molecule has 260 valence electrons. The van der Waals surface area contributed by atoms with Crippen LogP contribution in [-0.2, 0) is 5.41 Å². The molecule has 3 saturated carbocycles. The molecule has 2 unspecified atom stereocenters. The van der Waals surface area contributed by atoms with Gasteiger partial charge in [0, 0.05) is 33.5 Å². The summed E-state index contributed by atoms with van der Waals surface area (Å²) < 4.78 is 2.42. The Bertz CT molecular complexity index is 2570. The zero-order chi connectivity index (χ0) is 35.5. The van der Waals surface area contributed by atoms with Crippen LogP contribution in [0.5, 0.6) is 0 Å². The van der Waals surface area contributed by atoms with Gasteiger partial charge in [-0.3, -0.25) is 0 Å². The monoisotopic (exact) mass is 686 g/mol. The van der Waals surface area contributed by atoms with Gasteiger partial charge in [0.25, 0.3) is 0 Å². The van der Waals surface area contributed by atoms with E-state index in [-0.39, 0.29) is 5.41 Å². The third-order valence-electron chi connectivity index (χ3n) is 12.8. The van der Waals surface area contributed by atoms with Crippen molar-refractivity contribution >= 4 is 49.6 Å². The Kier molecular flexibility index (Phi) is 7.76. The van der Waals surface area contributed by atoms with Crippen LogP contribution < -0.4 is 4.90 Å². The Morgan fingerprint density at radius 2 is 1.23 bits per heavy atom. The average Bonchev–Trinajstić information content (AvgIpc) is 3.35. The van der Waals surface area contributed by atoms with Crippen molar-refractivity contribution < 1.29 is 0 Å². The van der Waals surface area contributed by atoms with Crippen LogP contribution in [0.15, 0.2) is 164 Å². The van der Waals surface area contributed by atoms with Crippen LogP contribution >= 0.6 is 0 Å². The van der Waals surface area contributed by atoms with E-state index < -0.39 is 0 Å². The number of hydrogen-bond acceptors (Lipinski definition) is 1. The second-order valence-electron chi connectivity index (χ2n) is 16.2. The highest BCUT2D eigenvalue weighted by Gasteiger charge is 2.46. The van der Waals surface area contributed by atoms with E-state index in [0.29, 0.717) is 0 Å². The van der Waals surface area contributed by atoms with Gasteiger partial charge in [0.1, 0.15) is 0 Å². The maximum atomic E-state index is 2.56. The molecule has 4 atom stereocenters. The fraction of sp³-hybridized carbons (Fsp3) is 0.216. The summed E-state index contributed by atoms with van der Waals surface area (Å²) in [5.74, 6) is 2.35. The van der Waals surface area contributed by atoms with Gasteiger partial charge in [-0.05, 0) is 137 Å². The molecule has 2 heteroatoms. The van der Waals surface area contributed by atoms with E-state index in [4.69, 9.17) is 0 Å². The van der Waals surface area contributed by atoms with E-state index in [2.05, 4.69) is 187 Å². The molecule has 3 fully saturated rings. The normalized spacial score (nSPS) is 21.3. The first kappa shape index (κ1) is 32.1. The molecule has 1 aromatic heterocycles. The summed E-state index contributed by atoms with van der Waals surface area (Å²) >= 11 is 0. The summed E-state index contributed by atoms with van der Waals surface area (Å²) in [4.78, 5) is 2.56. The number of aromatic nitrogens is 1. The van der Waals surface area contributed by atoms with Crippen molar-refractivity contribution in [3.8, 4) is 16.8 Å². The molecule has 3 aliphatic rings. The lowest BCUT2D eigenvalue weighted by atomic mass is 9.63. The van der Waals surface area contributed by atoms with Crippen LogP contribution in [0.4, 0.5) is 17.1 Å². The second-order valence-corrected chi connectivity index (χ2v) is 16.2. The SMILES string of the molecule is C[C@H]1CC2CCC(c3ccccc3N(c3cccc(-c4cccc(-n5c6ccccc6c6ccccc65)c4)c3)c3ccc4ccccc4c3)(C1)C[C@H]2C. The van der Waals surface area contributed by atoms with Crippen molar-refractivity contribution in [1.82, 2.24) is 4.57 Å². The largest absolute Gasteiger partial charge is 0.310 e. The summed E-state index contributed by atoms with van der Waals surface area (Å²) in [5, 5.41) is 5.09. The van der Waals surface area contributed by atoms with Gasteiger partial charge in [-0.2, -0.15) is 0 Å². The van der Waals surface area contributed by atoms with Gasteiger partial charge < -0.3 is 9.47 Å². The van der Waals surface area contributed by atoms with Gasteiger partial charge in [0.05, 0.1) is 11.0 Å². The van der Waals surface area contributed by atoms with E-state index in [9.17, 15) is 0 Å². The molecule has 8 aromatic rings. The van der Waals surface area contributed by atoms with E-state index in [1.54, 1.807) is 0 Å². The summed E-state index contributed by atoms with van der Waals surface area (Å²) in [7, 11) is 0. The smallest absolute Gasteiger partial charge is 0.0541 e. The highest BCUT2D eigenvalue weighted by molar-refractivity contribution is 6.09. The minimum absolute atomic E-state index is 0.186. The Morgan fingerprint density at radius 1 is 0.566 bits per heavy atom. The maximum Gasteiger partial charge on any atom is 0.0541 e. The molecular weight excluding hydrogens is 641 g/mol. The van der Waals surface area contributed by atoms with Crippen LogP contribution in [0.1, 0.15) is 51.5 Å². The number of hydrogen-bond donors (Lipinski definition) is 0. The average molecular weight is 687 g/mol. The predicted octanol–water partition coefficient (Wildman–Crippen LogP) is 14.2. The van der Waals surface area contributed by atoms with Crippen molar-refractivity contribution in [2.75, 3.05) is 4.90 Å². The Morgan fingerprint density at radius 3 is 2.02 bits per heavy atom. The number of nitrogens with zero attached hydrogens (tertiary/aromatic N) is 2. The zero-order valence-electron chi connectivity index (χ0n) is 30.8. The molecule has 0 amide bonds. The third-order valence-corrected chi connectivity index (χ3v) is 12.8. The summed E-state index contributed by atoms with van der Waals surface area (Å²) in [6.45, 7) is 5.03. The minimum atomic E-state index is 0.186. The summed E-state index contributed by atoms with van der Waals surface area (Å²) in [5.41, 5.74) is 11.5. The fourth-order valence-corrected chi connectivity index (χ4v) is 10.5. The molecule has 0 saturated heterocycles. The lowest BCUT2D eigenvalue weighted by Gasteiger charge is -2.43. The van der Waals surface area contributed by atoms with Crippen LogP contribution in [-0.4, -0.2) is 4.57 Å². The molecule has 1 heterocycles. The van der Waals surface area contributed by atoms with Gasteiger partial charge >= 0.3 is 0 Å². The Balaban J connectivity index is 1.13. The predicted molar refractivity (Wildman–Crippen MR) is 225 cm³/mol. The van der Waals surface area contributed by atoms with Gasteiger partial charge in [-0.15, -0.1) is 0 Å². The van der Waals surface area contributed by atoms with Crippen molar-refractivity contribution in [2.24, 2.45) is 17.8 Å². The first-order chi connectivity index (χ1) is 26.0.